The van der Waals surface area contributed by atoms with Crippen LogP contribution in [-0.2, 0) is 14.3 Å². The fourth-order valence-electron chi connectivity index (χ4n) is 8.86. The van der Waals surface area contributed by atoms with Gasteiger partial charge in [0.15, 0.2) is 5.78 Å². The van der Waals surface area contributed by atoms with Crippen LogP contribution in [0.25, 0.3) is 0 Å². The maximum absolute atomic E-state index is 13.1. The number of aliphatic hydroxyl groups is 3. The Labute approximate surface area is 227 Å². The second kappa shape index (κ2) is 9.55. The molecule has 0 saturated heterocycles. The zero-order chi connectivity index (χ0) is 27.7. The zero-order valence-electron chi connectivity index (χ0n) is 24.0. The molecule has 0 spiro atoms. The molecule has 0 amide bonds. The third-order valence-electron chi connectivity index (χ3n) is 11.4. The summed E-state index contributed by atoms with van der Waals surface area (Å²) in [5.74, 6) is -0.359. The smallest absolute Gasteiger partial charge is 0.306 e. The minimum Gasteiger partial charge on any atom is -0.458 e. The Morgan fingerprint density at radius 1 is 1.08 bits per heavy atom. The first-order chi connectivity index (χ1) is 17.8. The topological polar surface area (TPSA) is 104 Å². The molecule has 9 unspecified atom stereocenters. The van der Waals surface area contributed by atoms with E-state index in [4.69, 9.17) is 4.74 Å². The summed E-state index contributed by atoms with van der Waals surface area (Å²) in [6.45, 7) is 9.86. The molecular formula is C32H48O6. The molecule has 38 heavy (non-hydrogen) atoms. The summed E-state index contributed by atoms with van der Waals surface area (Å²) < 4.78 is 6.31. The van der Waals surface area contributed by atoms with Gasteiger partial charge in [-0.2, -0.15) is 0 Å². The molecule has 5 aliphatic carbocycles. The van der Waals surface area contributed by atoms with E-state index >= 15 is 0 Å². The van der Waals surface area contributed by atoms with Crippen molar-refractivity contribution in [3.63, 3.8) is 0 Å². The second-order valence-corrected chi connectivity index (χ2v) is 14.1. The standard InChI is InChI=1S/C32H48O6/c1-19-13-23(19)11-9-7-6-8-10-12-26(34)38-31-16-21(3)32(37)24(27(31)29(31,4)5)15-22(18-33)17-30(36)25(32)14-20(2)28(30)35/h14-15,19,21,23-25,27,33,36-37H,6-13,16-18H2,1-5H3. The molecule has 3 saturated carbocycles. The van der Waals surface area contributed by atoms with Gasteiger partial charge < -0.3 is 20.1 Å². The summed E-state index contributed by atoms with van der Waals surface area (Å²) in [4.78, 5) is 26.1. The number of rotatable bonds is 10. The number of aliphatic hydroxyl groups excluding tert-OH is 1. The van der Waals surface area contributed by atoms with Crippen molar-refractivity contribution in [3.8, 4) is 0 Å². The minimum absolute atomic E-state index is 0.00594. The summed E-state index contributed by atoms with van der Waals surface area (Å²) in [6, 6.07) is 0. The van der Waals surface area contributed by atoms with Gasteiger partial charge in [-0.25, -0.2) is 0 Å². The van der Waals surface area contributed by atoms with Crippen molar-refractivity contribution in [2.24, 2.45) is 40.9 Å². The number of hydrogen-bond donors (Lipinski definition) is 3. The Morgan fingerprint density at radius 2 is 1.74 bits per heavy atom. The number of esters is 1. The van der Waals surface area contributed by atoms with Crippen LogP contribution < -0.4 is 0 Å². The molecule has 0 aliphatic heterocycles. The SMILES string of the molecule is CC1=CC2C(O)(CC(CO)=CC3C4C(C)(C)C4(OC(=O)CCCCCCCC4CC4C)CC(C)C32O)C1=O. The van der Waals surface area contributed by atoms with Gasteiger partial charge in [0.25, 0.3) is 0 Å². The number of carbonyl (C=O) groups is 2. The van der Waals surface area contributed by atoms with E-state index in [2.05, 4.69) is 20.8 Å². The summed E-state index contributed by atoms with van der Waals surface area (Å²) in [5.41, 5.74) is -3.19. The van der Waals surface area contributed by atoms with Gasteiger partial charge in [-0.1, -0.05) is 72.0 Å². The van der Waals surface area contributed by atoms with Crippen LogP contribution in [0.1, 0.15) is 98.8 Å². The van der Waals surface area contributed by atoms with Crippen LogP contribution in [0.2, 0.25) is 0 Å². The monoisotopic (exact) mass is 528 g/mol. The molecule has 0 heterocycles. The van der Waals surface area contributed by atoms with Gasteiger partial charge in [-0.15, -0.1) is 0 Å². The molecule has 5 aliphatic rings. The maximum atomic E-state index is 13.1. The van der Waals surface area contributed by atoms with Crippen molar-refractivity contribution < 1.29 is 29.6 Å². The van der Waals surface area contributed by atoms with Gasteiger partial charge in [-0.05, 0) is 55.1 Å². The van der Waals surface area contributed by atoms with Gasteiger partial charge in [-0.3, -0.25) is 9.59 Å². The zero-order valence-corrected chi connectivity index (χ0v) is 24.0. The van der Waals surface area contributed by atoms with Crippen molar-refractivity contribution in [2.75, 3.05) is 6.61 Å². The summed E-state index contributed by atoms with van der Waals surface area (Å²) >= 11 is 0. The van der Waals surface area contributed by atoms with Crippen LogP contribution in [0, 0.1) is 40.9 Å². The highest BCUT2D eigenvalue weighted by Gasteiger charge is 2.83. The Balaban J connectivity index is 1.27. The lowest BCUT2D eigenvalue weighted by Crippen LogP contribution is -2.61. The minimum atomic E-state index is -1.76. The molecule has 9 atom stereocenters. The maximum Gasteiger partial charge on any atom is 0.306 e. The highest BCUT2D eigenvalue weighted by atomic mass is 16.6. The first kappa shape index (κ1) is 28.0. The van der Waals surface area contributed by atoms with Crippen molar-refractivity contribution >= 4 is 11.8 Å². The molecule has 6 nitrogen and oxygen atoms in total. The predicted octanol–water partition coefficient (Wildman–Crippen LogP) is 4.90. The quantitative estimate of drug-likeness (QED) is 0.212. The summed E-state index contributed by atoms with van der Waals surface area (Å²) in [7, 11) is 0. The summed E-state index contributed by atoms with van der Waals surface area (Å²) in [6.07, 6.45) is 12.8. The van der Waals surface area contributed by atoms with E-state index in [0.29, 0.717) is 24.0 Å². The Kier molecular flexibility index (Phi) is 7.05. The molecule has 0 aromatic heterocycles. The highest BCUT2D eigenvalue weighted by molar-refractivity contribution is 6.04. The number of fused-ring (bicyclic) bond motifs is 5. The second-order valence-electron chi connectivity index (χ2n) is 14.1. The van der Waals surface area contributed by atoms with Gasteiger partial charge in [0, 0.05) is 36.0 Å². The fourth-order valence-corrected chi connectivity index (χ4v) is 8.86. The van der Waals surface area contributed by atoms with Crippen molar-refractivity contribution in [1.82, 2.24) is 0 Å². The highest BCUT2D eigenvalue weighted by Crippen LogP contribution is 2.76. The van der Waals surface area contributed by atoms with E-state index in [1.54, 1.807) is 13.0 Å². The average molecular weight is 529 g/mol. The number of ketones is 1. The number of ether oxygens (including phenoxy) is 1. The molecule has 0 aromatic rings. The first-order valence-electron chi connectivity index (χ1n) is 15.0. The average Bonchev–Trinajstić information content (AvgIpc) is 3.66. The molecular weight excluding hydrogens is 480 g/mol. The van der Waals surface area contributed by atoms with E-state index in [-0.39, 0.29) is 42.0 Å². The van der Waals surface area contributed by atoms with Crippen LogP contribution in [0.3, 0.4) is 0 Å². The van der Waals surface area contributed by atoms with Crippen LogP contribution in [-0.4, -0.2) is 50.5 Å². The molecule has 0 radical (unpaired) electrons. The van der Waals surface area contributed by atoms with Crippen LogP contribution in [0.15, 0.2) is 23.3 Å². The van der Waals surface area contributed by atoms with Gasteiger partial charge in [0.1, 0.15) is 11.2 Å². The Bertz CT molecular complexity index is 1040. The van der Waals surface area contributed by atoms with E-state index in [1.165, 1.54) is 25.7 Å². The van der Waals surface area contributed by atoms with Gasteiger partial charge in [0.2, 0.25) is 0 Å². The largest absolute Gasteiger partial charge is 0.458 e. The van der Waals surface area contributed by atoms with Crippen LogP contribution in [0.4, 0.5) is 0 Å². The molecule has 3 fully saturated rings. The molecule has 6 heteroatoms. The van der Waals surface area contributed by atoms with E-state index in [1.807, 2.05) is 13.0 Å². The fraction of sp³-hybridized carbons (Fsp3) is 0.812. The molecule has 5 rings (SSSR count). The van der Waals surface area contributed by atoms with E-state index in [9.17, 15) is 24.9 Å². The lowest BCUT2D eigenvalue weighted by atomic mass is 9.60. The summed E-state index contributed by atoms with van der Waals surface area (Å²) in [5, 5.41) is 34.1. The lowest BCUT2D eigenvalue weighted by Gasteiger charge is -2.50. The number of carbonyl (C=O) groups excluding carboxylic acids is 2. The van der Waals surface area contributed by atoms with Crippen LogP contribution in [0.5, 0.6) is 0 Å². The normalized spacial score (nSPS) is 44.3. The third kappa shape index (κ3) is 4.16. The number of unbranched alkanes of at least 4 members (excludes halogenated alkanes) is 4. The molecule has 0 bridgehead atoms. The number of hydrogen-bond acceptors (Lipinski definition) is 6. The first-order valence-corrected chi connectivity index (χ1v) is 15.0. The van der Waals surface area contributed by atoms with Crippen molar-refractivity contribution in [3.05, 3.63) is 23.3 Å². The lowest BCUT2D eigenvalue weighted by molar-refractivity contribution is -0.187. The van der Waals surface area contributed by atoms with Crippen LogP contribution >= 0.6 is 0 Å². The van der Waals surface area contributed by atoms with Crippen molar-refractivity contribution in [2.45, 2.75) is 116 Å². The molecule has 212 valence electrons. The molecule has 3 N–H and O–H groups in total. The molecule has 0 aromatic carbocycles. The van der Waals surface area contributed by atoms with Crippen molar-refractivity contribution in [1.29, 1.82) is 0 Å². The Morgan fingerprint density at radius 3 is 2.39 bits per heavy atom. The van der Waals surface area contributed by atoms with Gasteiger partial charge in [0.05, 0.1) is 12.2 Å². The third-order valence-corrected chi connectivity index (χ3v) is 11.4. The Hall–Kier alpha value is -1.50. The van der Waals surface area contributed by atoms with E-state index < -0.39 is 28.6 Å². The van der Waals surface area contributed by atoms with E-state index in [0.717, 1.165) is 31.1 Å². The van der Waals surface area contributed by atoms with Gasteiger partial charge >= 0.3 is 5.97 Å². The predicted molar refractivity (Wildman–Crippen MR) is 145 cm³/mol. The number of Topliss-reactive ketones (excluding diaryl/α,β-unsaturated/α-hetero) is 1.